The number of ether oxygens (including phenoxy) is 1. The summed E-state index contributed by atoms with van der Waals surface area (Å²) in [6.07, 6.45) is 1.20. The van der Waals surface area contributed by atoms with Crippen molar-refractivity contribution in [1.82, 2.24) is 10.2 Å². The molecule has 0 radical (unpaired) electrons. The number of nitrogens with one attached hydrogen (secondary N) is 1. The third kappa shape index (κ3) is 1.91. The quantitative estimate of drug-likeness (QED) is 0.920. The van der Waals surface area contributed by atoms with Crippen molar-refractivity contribution in [3.05, 3.63) is 22.4 Å². The van der Waals surface area contributed by atoms with Gasteiger partial charge in [0.2, 0.25) is 5.91 Å². The zero-order chi connectivity index (χ0) is 13.6. The number of hydrogen-bond acceptors (Lipinski definition) is 4. The molecule has 2 fully saturated rings. The summed E-state index contributed by atoms with van der Waals surface area (Å²) in [6.45, 7) is 4.81. The normalized spacial score (nSPS) is 33.5. The largest absolute Gasteiger partial charge is 0.381 e. The highest BCUT2D eigenvalue weighted by Gasteiger charge is 2.55. The van der Waals surface area contributed by atoms with Crippen LogP contribution in [-0.2, 0) is 9.53 Å². The molecule has 1 aliphatic carbocycles. The van der Waals surface area contributed by atoms with E-state index < -0.39 is 0 Å². The minimum absolute atomic E-state index is 0.0186. The Morgan fingerprint density at radius 2 is 2.32 bits per heavy atom. The minimum atomic E-state index is 0.0186. The number of thiophene rings is 1. The third-order valence-corrected chi connectivity index (χ3v) is 5.32. The molecule has 2 aliphatic rings. The van der Waals surface area contributed by atoms with Crippen LogP contribution in [0.15, 0.2) is 16.8 Å². The number of hydrogen-bond donors (Lipinski definition) is 1. The summed E-state index contributed by atoms with van der Waals surface area (Å²) < 4.78 is 5.50. The Bertz CT molecular complexity index is 472. The molecule has 1 N–H and O–H groups in total. The van der Waals surface area contributed by atoms with Gasteiger partial charge in [0.05, 0.1) is 12.6 Å². The van der Waals surface area contributed by atoms with Gasteiger partial charge in [0.15, 0.2) is 0 Å². The van der Waals surface area contributed by atoms with E-state index in [1.165, 1.54) is 5.56 Å². The van der Waals surface area contributed by atoms with Crippen LogP contribution in [0.5, 0.6) is 0 Å². The van der Waals surface area contributed by atoms with Crippen LogP contribution >= 0.6 is 11.3 Å². The molecular weight excluding hydrogens is 260 g/mol. The lowest BCUT2D eigenvalue weighted by Crippen LogP contribution is -2.62. The van der Waals surface area contributed by atoms with Gasteiger partial charge in [0.1, 0.15) is 6.17 Å². The Morgan fingerprint density at radius 3 is 2.89 bits per heavy atom. The average molecular weight is 280 g/mol. The fraction of sp³-hybridized carbons (Fsp3) is 0.643. The molecule has 5 heteroatoms. The van der Waals surface area contributed by atoms with Crippen LogP contribution in [0.2, 0.25) is 0 Å². The van der Waals surface area contributed by atoms with Crippen molar-refractivity contribution in [2.24, 2.45) is 5.41 Å². The molecule has 3 rings (SSSR count). The minimum Gasteiger partial charge on any atom is -0.381 e. The van der Waals surface area contributed by atoms with Gasteiger partial charge in [-0.1, -0.05) is 13.8 Å². The highest BCUT2D eigenvalue weighted by molar-refractivity contribution is 7.07. The first-order valence-corrected chi connectivity index (χ1v) is 7.59. The van der Waals surface area contributed by atoms with Crippen molar-refractivity contribution in [3.63, 3.8) is 0 Å². The smallest absolute Gasteiger partial charge is 0.238 e. The highest BCUT2D eigenvalue weighted by Crippen LogP contribution is 2.48. The van der Waals surface area contributed by atoms with Gasteiger partial charge < -0.3 is 9.64 Å². The monoisotopic (exact) mass is 280 g/mol. The standard InChI is InChI=1S/C14H20N2O2S/c1-14(2)10(6-11(14)18-3)16-12(17)7-15-13(16)9-4-5-19-8-9/h4-5,8,10-11,13,15H,6-7H2,1-3H3. The fourth-order valence-electron chi connectivity index (χ4n) is 3.32. The van der Waals surface area contributed by atoms with Crippen molar-refractivity contribution in [1.29, 1.82) is 0 Å². The molecule has 1 saturated heterocycles. The van der Waals surface area contributed by atoms with Crippen LogP contribution in [-0.4, -0.2) is 36.6 Å². The molecule has 104 valence electrons. The molecule has 1 aliphatic heterocycles. The van der Waals surface area contributed by atoms with E-state index >= 15 is 0 Å². The average Bonchev–Trinajstić information content (AvgIpc) is 2.99. The second kappa shape index (κ2) is 4.58. The molecule has 4 nitrogen and oxygen atoms in total. The fourth-order valence-corrected chi connectivity index (χ4v) is 4.00. The summed E-state index contributed by atoms with van der Waals surface area (Å²) in [5.74, 6) is 0.198. The van der Waals surface area contributed by atoms with E-state index in [-0.39, 0.29) is 29.6 Å². The van der Waals surface area contributed by atoms with E-state index in [0.29, 0.717) is 6.54 Å². The second-order valence-corrected chi connectivity index (χ2v) is 6.72. The van der Waals surface area contributed by atoms with Gasteiger partial charge >= 0.3 is 0 Å². The van der Waals surface area contributed by atoms with Gasteiger partial charge in [-0.3, -0.25) is 10.1 Å². The van der Waals surface area contributed by atoms with Gasteiger partial charge in [-0.05, 0) is 28.8 Å². The molecule has 1 aromatic heterocycles. The Morgan fingerprint density at radius 1 is 1.53 bits per heavy atom. The summed E-state index contributed by atoms with van der Waals surface area (Å²) in [5.41, 5.74) is 1.21. The number of carbonyl (C=O) groups is 1. The van der Waals surface area contributed by atoms with E-state index in [1.807, 2.05) is 4.90 Å². The molecule has 0 spiro atoms. The first kappa shape index (κ1) is 13.1. The van der Waals surface area contributed by atoms with Gasteiger partial charge in [0.25, 0.3) is 0 Å². The third-order valence-electron chi connectivity index (χ3n) is 4.62. The first-order chi connectivity index (χ1) is 9.05. The van der Waals surface area contributed by atoms with Crippen LogP contribution < -0.4 is 5.32 Å². The number of nitrogens with zero attached hydrogens (tertiary/aromatic N) is 1. The summed E-state index contributed by atoms with van der Waals surface area (Å²) in [6, 6.07) is 2.35. The molecule has 2 heterocycles. The lowest BCUT2D eigenvalue weighted by molar-refractivity contribution is -0.161. The topological polar surface area (TPSA) is 41.6 Å². The SMILES string of the molecule is COC1CC(N2C(=O)CNC2c2ccsc2)C1(C)C. The summed E-state index contributed by atoms with van der Waals surface area (Å²) in [4.78, 5) is 14.2. The zero-order valence-corrected chi connectivity index (χ0v) is 12.4. The molecular formula is C14H20N2O2S. The van der Waals surface area contributed by atoms with E-state index in [4.69, 9.17) is 4.74 Å². The first-order valence-electron chi connectivity index (χ1n) is 6.65. The molecule has 3 unspecified atom stereocenters. The Kier molecular flexibility index (Phi) is 3.15. The van der Waals surface area contributed by atoms with Gasteiger partial charge in [-0.15, -0.1) is 0 Å². The zero-order valence-electron chi connectivity index (χ0n) is 11.6. The molecule has 1 saturated carbocycles. The molecule has 1 amide bonds. The maximum atomic E-state index is 12.2. The maximum absolute atomic E-state index is 12.2. The van der Waals surface area contributed by atoms with Crippen LogP contribution in [0.3, 0.4) is 0 Å². The molecule has 1 aromatic rings. The number of carbonyl (C=O) groups excluding carboxylic acids is 1. The molecule has 3 atom stereocenters. The molecule has 0 bridgehead atoms. The number of rotatable bonds is 3. The van der Waals surface area contributed by atoms with Crippen LogP contribution in [0.25, 0.3) is 0 Å². The van der Waals surface area contributed by atoms with E-state index in [1.54, 1.807) is 18.4 Å². The predicted molar refractivity (Wildman–Crippen MR) is 74.9 cm³/mol. The highest BCUT2D eigenvalue weighted by atomic mass is 32.1. The van der Waals surface area contributed by atoms with Crippen molar-refractivity contribution in [3.8, 4) is 0 Å². The second-order valence-electron chi connectivity index (χ2n) is 5.94. The maximum Gasteiger partial charge on any atom is 0.238 e. The van der Waals surface area contributed by atoms with E-state index in [2.05, 4.69) is 36.0 Å². The van der Waals surface area contributed by atoms with Crippen LogP contribution in [0.4, 0.5) is 0 Å². The van der Waals surface area contributed by atoms with Crippen molar-refractivity contribution < 1.29 is 9.53 Å². The lowest BCUT2D eigenvalue weighted by Gasteiger charge is -2.55. The Balaban J connectivity index is 1.84. The van der Waals surface area contributed by atoms with Gasteiger partial charge in [0, 0.05) is 18.6 Å². The van der Waals surface area contributed by atoms with Gasteiger partial charge in [-0.25, -0.2) is 0 Å². The van der Waals surface area contributed by atoms with E-state index in [9.17, 15) is 4.79 Å². The van der Waals surface area contributed by atoms with Crippen LogP contribution in [0.1, 0.15) is 32.0 Å². The number of amides is 1. The molecule has 0 aromatic carbocycles. The predicted octanol–water partition coefficient (Wildman–Crippen LogP) is 1.99. The summed E-state index contributed by atoms with van der Waals surface area (Å²) >= 11 is 1.67. The lowest BCUT2D eigenvalue weighted by atomic mass is 9.63. The molecule has 19 heavy (non-hydrogen) atoms. The summed E-state index contributed by atoms with van der Waals surface area (Å²) in [7, 11) is 1.75. The van der Waals surface area contributed by atoms with Gasteiger partial charge in [-0.2, -0.15) is 11.3 Å². The van der Waals surface area contributed by atoms with Crippen LogP contribution in [0, 0.1) is 5.41 Å². The van der Waals surface area contributed by atoms with E-state index in [0.717, 1.165) is 6.42 Å². The summed E-state index contributed by atoms with van der Waals surface area (Å²) in [5, 5.41) is 7.49. The Hall–Kier alpha value is -0.910. The Labute approximate surface area is 117 Å². The number of methoxy groups -OCH3 is 1. The van der Waals surface area contributed by atoms with Crippen molar-refractivity contribution >= 4 is 17.2 Å². The van der Waals surface area contributed by atoms with Crippen molar-refractivity contribution in [2.75, 3.05) is 13.7 Å². The van der Waals surface area contributed by atoms with Crippen molar-refractivity contribution in [2.45, 2.75) is 38.6 Å².